The highest BCUT2D eigenvalue weighted by atomic mass is 32.2. The quantitative estimate of drug-likeness (QED) is 0.182. The molecule has 0 aromatic heterocycles. The minimum Gasteiger partial charge on any atom is -0.481 e. The van der Waals surface area contributed by atoms with Crippen molar-refractivity contribution in [2.45, 2.75) is 29.8 Å². The fourth-order valence-corrected chi connectivity index (χ4v) is 3.58. The predicted octanol–water partition coefficient (Wildman–Crippen LogP) is 0.00930. The van der Waals surface area contributed by atoms with Gasteiger partial charge in [0.1, 0.15) is 12.1 Å². The summed E-state index contributed by atoms with van der Waals surface area (Å²) in [6, 6.07) is 1.69. The van der Waals surface area contributed by atoms with Gasteiger partial charge in [-0.15, -0.1) is 11.8 Å². The average Bonchev–Trinajstić information content (AvgIpc) is 2.70. The van der Waals surface area contributed by atoms with Gasteiger partial charge < -0.3 is 35.8 Å². The van der Waals surface area contributed by atoms with Crippen LogP contribution in [0.1, 0.15) is 12.8 Å². The van der Waals surface area contributed by atoms with Crippen molar-refractivity contribution in [1.29, 1.82) is 0 Å². The fourth-order valence-electron chi connectivity index (χ4n) is 2.24. The third-order valence-electron chi connectivity index (χ3n) is 3.72. The number of rotatable bonds is 13. The van der Waals surface area contributed by atoms with Crippen LogP contribution in [-0.4, -0.2) is 77.5 Å². The number of nitrogens with one attached hydrogen (secondary N) is 3. The third kappa shape index (κ3) is 9.76. The molecule has 1 rings (SSSR count). The Labute approximate surface area is 188 Å². The van der Waals surface area contributed by atoms with Gasteiger partial charge in [-0.2, -0.15) is 0 Å². The molecule has 0 heterocycles. The smallest absolute Gasteiger partial charge is 0.327 e. The maximum Gasteiger partial charge on any atom is 0.327 e. The number of carbonyl (C=O) groups is 5. The van der Waals surface area contributed by atoms with Crippen LogP contribution in [0, 0.1) is 0 Å². The van der Waals surface area contributed by atoms with Crippen molar-refractivity contribution < 1.29 is 48.1 Å². The molecule has 3 unspecified atom stereocenters. The number of benzene rings is 1. The molecule has 176 valence electrons. The van der Waals surface area contributed by atoms with Crippen LogP contribution in [0.5, 0.6) is 0 Å². The Morgan fingerprint density at radius 3 is 2.12 bits per heavy atom. The molecule has 0 aliphatic heterocycles. The van der Waals surface area contributed by atoms with Crippen LogP contribution in [0.4, 0.5) is 10.5 Å². The Morgan fingerprint density at radius 2 is 1.56 bits per heavy atom. The molecule has 3 amide bonds. The van der Waals surface area contributed by atoms with Gasteiger partial charge in [-0.05, 0) is 18.6 Å². The Kier molecular flexibility index (Phi) is 11.2. The van der Waals surface area contributed by atoms with E-state index in [1.54, 1.807) is 6.07 Å². The van der Waals surface area contributed by atoms with E-state index >= 15 is 0 Å². The summed E-state index contributed by atoms with van der Waals surface area (Å²) in [5, 5.41) is 33.3. The van der Waals surface area contributed by atoms with Gasteiger partial charge in [-0.25, -0.2) is 18.6 Å². The largest absolute Gasteiger partial charge is 0.481 e. The van der Waals surface area contributed by atoms with E-state index in [9.17, 15) is 37.8 Å². The maximum absolute atomic E-state index is 12.0. The van der Waals surface area contributed by atoms with Gasteiger partial charge in [-0.3, -0.25) is 9.59 Å². The topological polar surface area (TPSA) is 219 Å². The Bertz CT molecular complexity index is 895. The Hall–Kier alpha value is -3.17. The molecule has 3 atom stereocenters. The van der Waals surface area contributed by atoms with Crippen LogP contribution < -0.4 is 16.0 Å². The summed E-state index contributed by atoms with van der Waals surface area (Å²) >= 11 is -1.48. The predicted molar refractivity (Wildman–Crippen MR) is 113 cm³/mol. The molecule has 0 radical (unpaired) electrons. The number of para-hydroxylation sites is 1. The van der Waals surface area contributed by atoms with Crippen molar-refractivity contribution in [2.75, 3.05) is 16.8 Å². The SMILES string of the molecule is O=C(O)CCC(NC(=O)NC(CSCC(=O)Nc1ccccc1S(=O)O)C(=O)O)C(=O)O. The van der Waals surface area contributed by atoms with Crippen molar-refractivity contribution >= 4 is 58.4 Å². The van der Waals surface area contributed by atoms with Crippen LogP contribution in [0.2, 0.25) is 0 Å². The van der Waals surface area contributed by atoms with Gasteiger partial charge >= 0.3 is 23.9 Å². The van der Waals surface area contributed by atoms with E-state index in [2.05, 4.69) is 10.6 Å². The summed E-state index contributed by atoms with van der Waals surface area (Å²) in [5.74, 6) is -5.26. The number of amides is 3. The van der Waals surface area contributed by atoms with Crippen molar-refractivity contribution in [3.63, 3.8) is 0 Å². The molecule has 7 N–H and O–H groups in total. The number of aliphatic carboxylic acids is 3. The standard InChI is InChI=1S/C17H21N3O10S2/c21-13(18-9-3-1-2-4-12(9)32(29)30)8-31-7-11(16(26)27)20-17(28)19-10(15(24)25)5-6-14(22)23/h1-4,10-11H,5-8H2,(H,18,21)(H,22,23)(H,24,25)(H,26,27)(H,29,30)(H2,19,20,28). The van der Waals surface area contributed by atoms with E-state index < -0.39 is 65.9 Å². The number of thioether (sulfide) groups is 1. The first-order chi connectivity index (χ1) is 15.0. The number of urea groups is 1. The minimum absolute atomic E-state index is 0.0107. The molecular formula is C17H21N3O10S2. The first-order valence-electron chi connectivity index (χ1n) is 8.83. The maximum atomic E-state index is 12.0. The van der Waals surface area contributed by atoms with Gasteiger partial charge in [0.25, 0.3) is 0 Å². The molecular weight excluding hydrogens is 470 g/mol. The molecule has 32 heavy (non-hydrogen) atoms. The van der Waals surface area contributed by atoms with Gasteiger partial charge in [-0.1, -0.05) is 12.1 Å². The molecule has 0 saturated carbocycles. The average molecular weight is 492 g/mol. The molecule has 0 aliphatic carbocycles. The van der Waals surface area contributed by atoms with Crippen LogP contribution in [-0.2, 0) is 30.3 Å². The molecule has 1 aromatic carbocycles. The summed E-state index contributed by atoms with van der Waals surface area (Å²) in [6.07, 6.45) is -0.914. The normalized spacial score (nSPS) is 13.3. The van der Waals surface area contributed by atoms with E-state index in [1.165, 1.54) is 18.2 Å². The molecule has 1 aromatic rings. The summed E-state index contributed by atoms with van der Waals surface area (Å²) in [6.45, 7) is 0. The van der Waals surface area contributed by atoms with Crippen molar-refractivity contribution in [3.8, 4) is 0 Å². The highest BCUT2D eigenvalue weighted by molar-refractivity contribution is 8.00. The van der Waals surface area contributed by atoms with Gasteiger partial charge in [0, 0.05) is 12.2 Å². The Balaban J connectivity index is 2.57. The summed E-state index contributed by atoms with van der Waals surface area (Å²) in [4.78, 5) is 56.9. The zero-order chi connectivity index (χ0) is 24.3. The molecule has 13 nitrogen and oxygen atoms in total. The van der Waals surface area contributed by atoms with E-state index in [0.29, 0.717) is 0 Å². The lowest BCUT2D eigenvalue weighted by Crippen LogP contribution is -2.52. The van der Waals surface area contributed by atoms with E-state index in [1.807, 2.05) is 5.32 Å². The molecule has 0 aliphatic rings. The zero-order valence-corrected chi connectivity index (χ0v) is 18.0. The highest BCUT2D eigenvalue weighted by Crippen LogP contribution is 2.18. The number of carboxylic acid groups (broad SMARTS) is 3. The lowest BCUT2D eigenvalue weighted by atomic mass is 10.1. The Morgan fingerprint density at radius 1 is 0.969 bits per heavy atom. The van der Waals surface area contributed by atoms with Crippen LogP contribution in [0.25, 0.3) is 0 Å². The second-order valence-corrected chi connectivity index (χ2v) is 8.11. The van der Waals surface area contributed by atoms with Crippen molar-refractivity contribution in [2.24, 2.45) is 0 Å². The van der Waals surface area contributed by atoms with E-state index in [-0.39, 0.29) is 22.1 Å². The number of carbonyl (C=O) groups excluding carboxylic acids is 2. The fraction of sp³-hybridized carbons (Fsp3) is 0.353. The molecule has 15 heteroatoms. The van der Waals surface area contributed by atoms with Gasteiger partial charge in [0.15, 0.2) is 11.1 Å². The monoisotopic (exact) mass is 491 g/mol. The summed E-state index contributed by atoms with van der Waals surface area (Å²) < 4.78 is 20.5. The van der Waals surface area contributed by atoms with E-state index in [0.717, 1.165) is 11.8 Å². The lowest BCUT2D eigenvalue weighted by molar-refractivity contribution is -0.140. The molecule has 0 spiro atoms. The number of anilines is 1. The zero-order valence-electron chi connectivity index (χ0n) is 16.3. The first-order valence-corrected chi connectivity index (χ1v) is 11.1. The van der Waals surface area contributed by atoms with Crippen LogP contribution in [0.3, 0.4) is 0 Å². The molecule has 0 fully saturated rings. The van der Waals surface area contributed by atoms with Gasteiger partial charge in [0.2, 0.25) is 5.91 Å². The molecule has 0 bridgehead atoms. The van der Waals surface area contributed by atoms with Crippen LogP contribution in [0.15, 0.2) is 29.2 Å². The molecule has 0 saturated heterocycles. The van der Waals surface area contributed by atoms with E-state index in [4.69, 9.17) is 10.2 Å². The summed E-state index contributed by atoms with van der Waals surface area (Å²) in [7, 11) is 0. The summed E-state index contributed by atoms with van der Waals surface area (Å²) in [5.41, 5.74) is 0.118. The number of carboxylic acids is 3. The van der Waals surface area contributed by atoms with Gasteiger partial charge in [0.05, 0.1) is 16.3 Å². The first kappa shape index (κ1) is 26.9. The van der Waals surface area contributed by atoms with Crippen LogP contribution >= 0.6 is 11.8 Å². The number of hydrogen-bond acceptors (Lipinski definition) is 7. The lowest BCUT2D eigenvalue weighted by Gasteiger charge is -2.18. The number of hydrogen-bond donors (Lipinski definition) is 7. The van der Waals surface area contributed by atoms with Crippen molar-refractivity contribution in [1.82, 2.24) is 10.6 Å². The second-order valence-electron chi connectivity index (χ2n) is 6.14. The minimum atomic E-state index is -2.32. The third-order valence-corrected chi connectivity index (χ3v) is 5.49. The highest BCUT2D eigenvalue weighted by Gasteiger charge is 2.25. The second kappa shape index (κ2) is 13.3. The van der Waals surface area contributed by atoms with Crippen molar-refractivity contribution in [3.05, 3.63) is 24.3 Å².